The third-order valence-corrected chi connectivity index (χ3v) is 7.27. The molecular formula is C28H30F7N2O3-. The van der Waals surface area contributed by atoms with Gasteiger partial charge in [-0.05, 0) is 65.1 Å². The SMILES string of the molecule is CN(Cc1cc(C(F)(F)F)cc(C(F)(F)F)c1)C(=O)CC(c1ccc(F)cc1)C1CCN(C(=O)[O-])C1C(C)(C)C. The number of rotatable bonds is 6. The minimum Gasteiger partial charge on any atom is -0.530 e. The highest BCUT2D eigenvalue weighted by Gasteiger charge is 2.46. The number of hydrogen-bond donors (Lipinski definition) is 0. The lowest BCUT2D eigenvalue weighted by molar-refractivity contribution is -0.268. The number of halogens is 7. The van der Waals surface area contributed by atoms with Crippen molar-refractivity contribution in [3.63, 3.8) is 0 Å². The van der Waals surface area contributed by atoms with Gasteiger partial charge < -0.3 is 19.7 Å². The van der Waals surface area contributed by atoms with Gasteiger partial charge in [0.25, 0.3) is 0 Å². The lowest BCUT2D eigenvalue weighted by Gasteiger charge is -2.42. The number of nitrogens with zero attached hydrogens (tertiary/aromatic N) is 2. The molecule has 0 spiro atoms. The smallest absolute Gasteiger partial charge is 0.416 e. The van der Waals surface area contributed by atoms with E-state index in [2.05, 4.69) is 0 Å². The molecule has 0 radical (unpaired) electrons. The molecule has 0 aromatic heterocycles. The van der Waals surface area contributed by atoms with Gasteiger partial charge >= 0.3 is 12.4 Å². The Hall–Kier alpha value is -3.31. The van der Waals surface area contributed by atoms with Gasteiger partial charge in [0, 0.05) is 32.6 Å². The van der Waals surface area contributed by atoms with Crippen molar-refractivity contribution in [3.8, 4) is 0 Å². The van der Waals surface area contributed by atoms with Crippen molar-refractivity contribution in [2.75, 3.05) is 13.6 Å². The van der Waals surface area contributed by atoms with Crippen LogP contribution in [0.25, 0.3) is 0 Å². The summed E-state index contributed by atoms with van der Waals surface area (Å²) in [5, 5.41) is 11.9. The molecule has 220 valence electrons. The zero-order valence-electron chi connectivity index (χ0n) is 22.4. The average molecular weight is 576 g/mol. The summed E-state index contributed by atoms with van der Waals surface area (Å²) in [6.07, 6.45) is -11.3. The molecule has 1 aliphatic rings. The van der Waals surface area contributed by atoms with E-state index in [4.69, 9.17) is 0 Å². The quantitative estimate of drug-likeness (QED) is 0.393. The van der Waals surface area contributed by atoms with Crippen molar-refractivity contribution in [1.29, 1.82) is 0 Å². The Kier molecular flexibility index (Phi) is 8.81. The summed E-state index contributed by atoms with van der Waals surface area (Å²) < 4.78 is 93.4. The molecule has 2 aromatic rings. The molecule has 3 rings (SSSR count). The lowest BCUT2D eigenvalue weighted by Crippen LogP contribution is -2.51. The number of carbonyl (C=O) groups is 2. The third kappa shape index (κ3) is 7.25. The monoisotopic (exact) mass is 575 g/mol. The van der Waals surface area contributed by atoms with Crippen molar-refractivity contribution in [2.24, 2.45) is 11.3 Å². The molecule has 1 fully saturated rings. The van der Waals surface area contributed by atoms with E-state index in [1.807, 2.05) is 20.8 Å². The number of likely N-dealkylation sites (tertiary alicyclic amines) is 1. The first kappa shape index (κ1) is 31.2. The van der Waals surface area contributed by atoms with Crippen LogP contribution in [0.5, 0.6) is 0 Å². The molecule has 3 unspecified atom stereocenters. The number of carboxylic acid groups (broad SMARTS) is 1. The molecule has 1 aliphatic heterocycles. The summed E-state index contributed by atoms with van der Waals surface area (Å²) in [5.74, 6) is -2.12. The van der Waals surface area contributed by atoms with Crippen LogP contribution in [0, 0.1) is 17.2 Å². The first-order valence-corrected chi connectivity index (χ1v) is 12.5. The van der Waals surface area contributed by atoms with Crippen LogP contribution in [-0.4, -0.2) is 41.4 Å². The molecule has 0 aliphatic carbocycles. The number of benzene rings is 2. The molecule has 0 saturated carbocycles. The van der Waals surface area contributed by atoms with E-state index in [0.717, 1.165) is 4.90 Å². The first-order chi connectivity index (χ1) is 18.3. The fourth-order valence-electron chi connectivity index (χ4n) is 5.60. The maximum absolute atomic E-state index is 13.7. The molecule has 12 heteroatoms. The van der Waals surface area contributed by atoms with Gasteiger partial charge in [0.2, 0.25) is 5.91 Å². The zero-order chi connectivity index (χ0) is 30.2. The largest absolute Gasteiger partial charge is 0.530 e. The molecule has 1 saturated heterocycles. The number of amides is 2. The highest BCUT2D eigenvalue weighted by Crippen LogP contribution is 2.45. The van der Waals surface area contributed by atoms with Crippen molar-refractivity contribution < 1.29 is 45.4 Å². The maximum atomic E-state index is 13.7. The summed E-state index contributed by atoms with van der Waals surface area (Å²) in [6.45, 7) is 5.15. The van der Waals surface area contributed by atoms with Crippen LogP contribution in [0.3, 0.4) is 0 Å². The fraction of sp³-hybridized carbons (Fsp3) is 0.500. The molecule has 3 atom stereocenters. The van der Waals surface area contributed by atoms with E-state index >= 15 is 0 Å². The van der Waals surface area contributed by atoms with E-state index in [9.17, 15) is 45.4 Å². The van der Waals surface area contributed by atoms with E-state index in [1.54, 1.807) is 0 Å². The summed E-state index contributed by atoms with van der Waals surface area (Å²) in [6, 6.07) is 5.97. The Labute approximate surface area is 227 Å². The molecule has 2 amide bonds. The van der Waals surface area contributed by atoms with Crippen LogP contribution in [0.2, 0.25) is 0 Å². The highest BCUT2D eigenvalue weighted by atomic mass is 19.4. The van der Waals surface area contributed by atoms with Crippen LogP contribution in [0.15, 0.2) is 42.5 Å². The normalized spacial score (nSPS) is 19.0. The van der Waals surface area contributed by atoms with E-state index in [-0.39, 0.29) is 24.6 Å². The molecular weight excluding hydrogens is 545 g/mol. The predicted octanol–water partition coefficient (Wildman–Crippen LogP) is 6.08. The van der Waals surface area contributed by atoms with Crippen LogP contribution < -0.4 is 5.11 Å². The number of alkyl halides is 6. The summed E-state index contributed by atoms with van der Waals surface area (Å²) in [5.41, 5.74) is -3.33. The van der Waals surface area contributed by atoms with Gasteiger partial charge in [-0.25, -0.2) is 4.39 Å². The maximum Gasteiger partial charge on any atom is 0.416 e. The molecule has 0 bridgehead atoms. The Morgan fingerprint density at radius 1 is 0.975 bits per heavy atom. The van der Waals surface area contributed by atoms with Crippen LogP contribution in [0.4, 0.5) is 35.5 Å². The molecule has 5 nitrogen and oxygen atoms in total. The number of hydrogen-bond acceptors (Lipinski definition) is 3. The summed E-state index contributed by atoms with van der Waals surface area (Å²) >= 11 is 0. The second-order valence-corrected chi connectivity index (χ2v) is 11.2. The van der Waals surface area contributed by atoms with Gasteiger partial charge in [-0.1, -0.05) is 32.9 Å². The van der Waals surface area contributed by atoms with E-state index in [1.165, 1.54) is 36.2 Å². The van der Waals surface area contributed by atoms with Crippen molar-refractivity contribution >= 4 is 12.0 Å². The van der Waals surface area contributed by atoms with Crippen LogP contribution in [-0.2, 0) is 23.7 Å². The van der Waals surface area contributed by atoms with E-state index < -0.39 is 71.1 Å². The predicted molar refractivity (Wildman–Crippen MR) is 130 cm³/mol. The summed E-state index contributed by atoms with van der Waals surface area (Å²) in [7, 11) is 1.26. The standard InChI is InChI=1S/C28H31F7N2O3/c1-26(2,3)24-21(9-10-37(24)25(39)40)22(17-5-7-20(29)8-6-17)14-23(38)36(4)15-16-11-18(27(30,31)32)13-19(12-16)28(33,34)35/h5-8,11-13,21-22,24H,9-10,14-15H2,1-4H3,(H,39,40)/p-1. The lowest BCUT2D eigenvalue weighted by atomic mass is 9.71. The fourth-order valence-corrected chi connectivity index (χ4v) is 5.60. The molecule has 0 N–H and O–H groups in total. The van der Waals surface area contributed by atoms with Crippen LogP contribution in [0.1, 0.15) is 61.8 Å². The molecule has 40 heavy (non-hydrogen) atoms. The Balaban J connectivity index is 1.94. The van der Waals surface area contributed by atoms with Gasteiger partial charge in [-0.15, -0.1) is 0 Å². The van der Waals surface area contributed by atoms with Gasteiger partial charge in [0.15, 0.2) is 0 Å². The second-order valence-electron chi connectivity index (χ2n) is 11.2. The van der Waals surface area contributed by atoms with Gasteiger partial charge in [-0.2, -0.15) is 26.3 Å². The van der Waals surface area contributed by atoms with E-state index in [0.29, 0.717) is 24.1 Å². The Morgan fingerprint density at radius 3 is 1.95 bits per heavy atom. The van der Waals surface area contributed by atoms with Crippen molar-refractivity contribution in [3.05, 3.63) is 70.5 Å². The topological polar surface area (TPSA) is 63.7 Å². The summed E-state index contributed by atoms with van der Waals surface area (Å²) in [4.78, 5) is 27.5. The van der Waals surface area contributed by atoms with Gasteiger partial charge in [0.1, 0.15) is 11.9 Å². The first-order valence-electron chi connectivity index (χ1n) is 12.5. The zero-order valence-corrected chi connectivity index (χ0v) is 22.4. The van der Waals surface area contributed by atoms with Crippen molar-refractivity contribution in [1.82, 2.24) is 9.80 Å². The van der Waals surface area contributed by atoms with Crippen LogP contribution >= 0.6 is 0 Å². The Morgan fingerprint density at radius 2 is 1.50 bits per heavy atom. The molecule has 2 aromatic carbocycles. The molecule has 1 heterocycles. The van der Waals surface area contributed by atoms with Gasteiger partial charge in [0.05, 0.1) is 11.1 Å². The second kappa shape index (κ2) is 11.3. The highest BCUT2D eigenvalue weighted by molar-refractivity contribution is 5.77. The Bertz CT molecular complexity index is 1190. The van der Waals surface area contributed by atoms with Gasteiger partial charge in [-0.3, -0.25) is 4.79 Å². The minimum absolute atomic E-state index is 0.0195. The van der Waals surface area contributed by atoms with Crippen molar-refractivity contribution in [2.45, 2.75) is 64.5 Å². The third-order valence-electron chi connectivity index (χ3n) is 7.27. The minimum atomic E-state index is -5.03. The number of carbonyl (C=O) groups excluding carboxylic acids is 2. The average Bonchev–Trinajstić information content (AvgIpc) is 3.28.